The monoisotopic (exact) mass is 908 g/mol. The Hall–Kier alpha value is -3.36. The van der Waals surface area contributed by atoms with Crippen molar-refractivity contribution < 1.29 is 32.8 Å². The summed E-state index contributed by atoms with van der Waals surface area (Å²) in [7, 11) is -4.31. The van der Waals surface area contributed by atoms with Gasteiger partial charge in [-0.1, -0.05) is 186 Å². The molecule has 0 aliphatic carbocycles. The summed E-state index contributed by atoms with van der Waals surface area (Å²) in [6.07, 6.45) is 71.9. The molecule has 0 amide bonds. The summed E-state index contributed by atoms with van der Waals surface area (Å²) in [5.41, 5.74) is 5.38. The van der Waals surface area contributed by atoms with Crippen LogP contribution in [0.2, 0.25) is 0 Å². The van der Waals surface area contributed by atoms with Crippen molar-refractivity contribution in [2.75, 3.05) is 33.0 Å². The van der Waals surface area contributed by atoms with Crippen molar-refractivity contribution in [1.82, 2.24) is 0 Å². The number of carbonyl (C=O) groups is 1. The van der Waals surface area contributed by atoms with Gasteiger partial charge < -0.3 is 20.1 Å². The smallest absolute Gasteiger partial charge is 0.457 e. The third-order valence-corrected chi connectivity index (χ3v) is 10.5. The number of rotatable bonds is 45. The van der Waals surface area contributed by atoms with Crippen LogP contribution in [-0.2, 0) is 27.9 Å². The molecule has 8 nitrogen and oxygen atoms in total. The first-order chi connectivity index (χ1) is 31.4. The van der Waals surface area contributed by atoms with Crippen LogP contribution in [0.3, 0.4) is 0 Å². The summed E-state index contributed by atoms with van der Waals surface area (Å²) in [6.45, 7) is 4.57. The number of unbranched alkanes of at least 4 members (excludes halogenated alkanes) is 10. The topological polar surface area (TPSA) is 117 Å². The second-order valence-electron chi connectivity index (χ2n) is 15.6. The van der Waals surface area contributed by atoms with Crippen molar-refractivity contribution in [3.8, 4) is 0 Å². The number of ether oxygens (including phenoxy) is 2. The fourth-order valence-corrected chi connectivity index (χ4v) is 6.79. The Bertz CT molecular complexity index is 1440. The summed E-state index contributed by atoms with van der Waals surface area (Å²) in [5.74, 6) is -0.360. The van der Waals surface area contributed by atoms with Gasteiger partial charge in [-0.2, -0.15) is 0 Å². The molecule has 0 aromatic heterocycles. The first-order valence-corrected chi connectivity index (χ1v) is 26.2. The highest BCUT2D eigenvalue weighted by molar-refractivity contribution is 7.47. The minimum absolute atomic E-state index is 0.0826. The Kier molecular flexibility index (Phi) is 48.0. The van der Waals surface area contributed by atoms with Gasteiger partial charge in [0.1, 0.15) is 6.10 Å². The minimum atomic E-state index is -4.31. The van der Waals surface area contributed by atoms with Gasteiger partial charge in [0, 0.05) is 19.6 Å². The highest BCUT2D eigenvalue weighted by Gasteiger charge is 2.25. The molecule has 2 atom stereocenters. The zero-order valence-corrected chi connectivity index (χ0v) is 41.1. The zero-order valence-electron chi connectivity index (χ0n) is 40.2. The Morgan fingerprint density at radius 2 is 0.828 bits per heavy atom. The van der Waals surface area contributed by atoms with E-state index in [0.29, 0.717) is 6.61 Å². The summed E-state index contributed by atoms with van der Waals surface area (Å²) < 4.78 is 33.5. The number of hydrogen-bond donors (Lipinski definition) is 2. The van der Waals surface area contributed by atoms with Crippen molar-refractivity contribution in [2.24, 2.45) is 5.73 Å². The van der Waals surface area contributed by atoms with E-state index >= 15 is 0 Å². The van der Waals surface area contributed by atoms with E-state index in [-0.39, 0.29) is 38.8 Å². The number of hydrogen-bond acceptors (Lipinski definition) is 7. The van der Waals surface area contributed by atoms with Gasteiger partial charge in [-0.25, -0.2) is 4.57 Å². The van der Waals surface area contributed by atoms with Gasteiger partial charge in [-0.15, -0.1) is 0 Å². The number of phosphoric acid groups is 1. The van der Waals surface area contributed by atoms with Gasteiger partial charge >= 0.3 is 13.8 Å². The van der Waals surface area contributed by atoms with Gasteiger partial charge in [0.2, 0.25) is 0 Å². The lowest BCUT2D eigenvalue weighted by molar-refractivity contribution is -0.154. The van der Waals surface area contributed by atoms with Crippen LogP contribution < -0.4 is 5.73 Å². The fourth-order valence-electron chi connectivity index (χ4n) is 6.03. The number of allylic oxidation sites excluding steroid dienone is 22. The largest absolute Gasteiger partial charge is 0.472 e. The first-order valence-electron chi connectivity index (χ1n) is 24.7. The summed E-state index contributed by atoms with van der Waals surface area (Å²) in [6, 6.07) is 0. The van der Waals surface area contributed by atoms with Crippen molar-refractivity contribution in [3.63, 3.8) is 0 Å². The Morgan fingerprint density at radius 1 is 0.469 bits per heavy atom. The predicted octanol–water partition coefficient (Wildman–Crippen LogP) is 15.5. The molecule has 0 aromatic carbocycles. The maximum atomic E-state index is 12.6. The summed E-state index contributed by atoms with van der Waals surface area (Å²) in [5, 5.41) is 0. The molecule has 2 unspecified atom stereocenters. The van der Waals surface area contributed by atoms with Crippen molar-refractivity contribution in [3.05, 3.63) is 134 Å². The first kappa shape index (κ1) is 60.6. The number of esters is 1. The second kappa shape index (κ2) is 50.6. The molecule has 0 bridgehead atoms. The second-order valence-corrected chi connectivity index (χ2v) is 17.0. The maximum absolute atomic E-state index is 12.6. The van der Waals surface area contributed by atoms with E-state index in [2.05, 4.69) is 148 Å². The van der Waals surface area contributed by atoms with Crippen molar-refractivity contribution in [1.29, 1.82) is 0 Å². The van der Waals surface area contributed by atoms with Gasteiger partial charge in [-0.3, -0.25) is 13.8 Å². The molecule has 64 heavy (non-hydrogen) atoms. The van der Waals surface area contributed by atoms with E-state index in [1.165, 1.54) is 12.8 Å². The van der Waals surface area contributed by atoms with Crippen LogP contribution in [-0.4, -0.2) is 49.9 Å². The van der Waals surface area contributed by atoms with E-state index in [4.69, 9.17) is 24.3 Å². The molecule has 0 radical (unpaired) electrons. The van der Waals surface area contributed by atoms with E-state index in [1.807, 2.05) is 0 Å². The molecule has 0 aliphatic heterocycles. The minimum Gasteiger partial charge on any atom is -0.457 e. The Labute approximate surface area is 391 Å². The van der Waals surface area contributed by atoms with Crippen LogP contribution in [0, 0.1) is 0 Å². The van der Waals surface area contributed by atoms with Crippen LogP contribution in [0.5, 0.6) is 0 Å². The molecule has 0 spiro atoms. The third-order valence-electron chi connectivity index (χ3n) is 9.56. The van der Waals surface area contributed by atoms with E-state index in [0.717, 1.165) is 135 Å². The number of phosphoric ester groups is 1. The highest BCUT2D eigenvalue weighted by Crippen LogP contribution is 2.43. The zero-order chi connectivity index (χ0) is 46.5. The van der Waals surface area contributed by atoms with Crippen LogP contribution in [0.25, 0.3) is 0 Å². The summed E-state index contributed by atoms with van der Waals surface area (Å²) in [4.78, 5) is 22.6. The van der Waals surface area contributed by atoms with Gasteiger partial charge in [0.25, 0.3) is 0 Å². The number of nitrogens with two attached hydrogens (primary N) is 1. The maximum Gasteiger partial charge on any atom is 0.472 e. The Morgan fingerprint density at radius 3 is 1.23 bits per heavy atom. The average molecular weight is 908 g/mol. The van der Waals surface area contributed by atoms with Gasteiger partial charge in [0.15, 0.2) is 0 Å². The quantitative estimate of drug-likeness (QED) is 0.0268. The molecular formula is C55H90NO7P. The highest BCUT2D eigenvalue weighted by atomic mass is 31.2. The van der Waals surface area contributed by atoms with E-state index < -0.39 is 13.9 Å². The standard InChI is InChI=1S/C55H90NO7P/c1-3-5-7-9-11-13-15-17-19-21-23-24-25-26-27-28-29-31-33-35-37-39-41-43-45-47-50-60-52-54(53-62-64(58,59)61-51-49-56)63-55(57)48-46-44-42-40-38-36-34-32-30-22-20-18-16-14-12-10-8-6-4-2/h5-8,11-14,17-20,23-24,26-27,29-32,35,37,54H,3-4,9-10,15-16,21-22,25,28,33-34,36,38-53,56H2,1-2H3,(H,58,59)/b7-5-,8-6-,13-11-,14-12-,19-17-,20-18-,24-23-,27-26-,31-29-,32-30-,37-35-. The molecule has 0 saturated carbocycles. The molecule has 0 rings (SSSR count). The van der Waals surface area contributed by atoms with Crippen molar-refractivity contribution in [2.45, 2.75) is 174 Å². The summed E-state index contributed by atoms with van der Waals surface area (Å²) >= 11 is 0. The lowest BCUT2D eigenvalue weighted by Crippen LogP contribution is -2.28. The molecule has 362 valence electrons. The van der Waals surface area contributed by atoms with Crippen LogP contribution in [0.4, 0.5) is 0 Å². The normalized spacial score (nSPS) is 14.5. The lowest BCUT2D eigenvalue weighted by atomic mass is 10.1. The molecule has 9 heteroatoms. The lowest BCUT2D eigenvalue weighted by Gasteiger charge is -2.20. The van der Waals surface area contributed by atoms with Gasteiger partial charge in [0.05, 0.1) is 19.8 Å². The molecule has 0 fully saturated rings. The fraction of sp³-hybridized carbons (Fsp3) is 0.582. The molecule has 0 saturated heterocycles. The van der Waals surface area contributed by atoms with Crippen LogP contribution >= 0.6 is 7.82 Å². The third kappa shape index (κ3) is 49.7. The molecule has 3 N–H and O–H groups in total. The van der Waals surface area contributed by atoms with Gasteiger partial charge in [-0.05, 0) is 109 Å². The number of carbonyl (C=O) groups excluding carboxylic acids is 1. The van der Waals surface area contributed by atoms with E-state index in [1.54, 1.807) is 0 Å². The molecule has 0 aromatic rings. The predicted molar refractivity (Wildman–Crippen MR) is 274 cm³/mol. The Balaban J connectivity index is 4.11. The molecule has 0 heterocycles. The molecule has 0 aliphatic rings. The average Bonchev–Trinajstić information content (AvgIpc) is 3.29. The SMILES string of the molecule is CC/C=C\C/C=C\C/C=C\C/C=C\C/C=C\C/C=C\C/C=C\CCCCCCOCC(COP(=O)(O)OCCN)OC(=O)CCCCCCCC/C=C\C/C=C\C/C=C\C/C=C\CC. The van der Waals surface area contributed by atoms with Crippen LogP contribution in [0.15, 0.2) is 134 Å². The van der Waals surface area contributed by atoms with Crippen LogP contribution in [0.1, 0.15) is 168 Å². The molecular weight excluding hydrogens is 818 g/mol. The van der Waals surface area contributed by atoms with E-state index in [9.17, 15) is 14.3 Å². The van der Waals surface area contributed by atoms with Crippen molar-refractivity contribution >= 4 is 13.8 Å².